The minimum atomic E-state index is -0.0741. The van der Waals surface area contributed by atoms with E-state index in [2.05, 4.69) is 22.9 Å². The van der Waals surface area contributed by atoms with Crippen LogP contribution in [0.25, 0.3) is 0 Å². The van der Waals surface area contributed by atoms with Gasteiger partial charge in [-0.05, 0) is 12.3 Å². The van der Waals surface area contributed by atoms with Gasteiger partial charge < -0.3 is 5.11 Å². The second-order valence-corrected chi connectivity index (χ2v) is 3.28. The lowest BCUT2D eigenvalue weighted by Crippen LogP contribution is -2.40. The van der Waals surface area contributed by atoms with E-state index in [0.717, 1.165) is 6.42 Å². The Morgan fingerprint density at radius 3 is 2.29 bits per heavy atom. The van der Waals surface area contributed by atoms with Gasteiger partial charge in [0.2, 0.25) is 0 Å². The maximum atomic E-state index is 8.84. The maximum Gasteiger partial charge on any atom is 0.0670 e. The van der Waals surface area contributed by atoms with E-state index in [9.17, 15) is 0 Å². The van der Waals surface area contributed by atoms with Gasteiger partial charge in [-0.3, -0.25) is 0 Å². The number of rotatable bonds is 0. The van der Waals surface area contributed by atoms with Crippen LogP contribution in [0.2, 0.25) is 0 Å². The van der Waals surface area contributed by atoms with Crippen LogP contribution < -0.4 is 0 Å². The maximum absolute atomic E-state index is 8.84. The number of alkyl halides is 1. The van der Waals surface area contributed by atoms with Gasteiger partial charge in [-0.25, -0.2) is 0 Å². The summed E-state index contributed by atoms with van der Waals surface area (Å²) < 4.78 is 0. The first-order chi connectivity index (χ1) is 3.22. The van der Waals surface area contributed by atoms with Gasteiger partial charge in [-0.2, -0.15) is 0 Å². The molecule has 0 aromatic carbocycles. The molecule has 0 aliphatic heterocycles. The molecule has 3 atom stereocenters. The lowest BCUT2D eigenvalue weighted by atomic mass is 9.84. The number of aliphatic hydroxyl groups excluding tert-OH is 1. The van der Waals surface area contributed by atoms with Crippen molar-refractivity contribution < 1.29 is 5.11 Å². The zero-order chi connectivity index (χ0) is 5.44. The molecule has 42 valence electrons. The lowest BCUT2D eigenvalue weighted by molar-refractivity contribution is 0.0638. The van der Waals surface area contributed by atoms with Crippen molar-refractivity contribution in [1.29, 1.82) is 0 Å². The molecule has 1 rings (SSSR count). The third-order valence-corrected chi connectivity index (χ3v) is 3.04. The van der Waals surface area contributed by atoms with Gasteiger partial charge in [0.25, 0.3) is 0 Å². The van der Waals surface area contributed by atoms with Crippen molar-refractivity contribution >= 4 is 15.9 Å². The Morgan fingerprint density at radius 2 is 2.29 bits per heavy atom. The van der Waals surface area contributed by atoms with Gasteiger partial charge in [-0.15, -0.1) is 0 Å². The van der Waals surface area contributed by atoms with Crippen LogP contribution in [-0.2, 0) is 0 Å². The fourth-order valence-electron chi connectivity index (χ4n) is 0.824. The van der Waals surface area contributed by atoms with Crippen molar-refractivity contribution in [3.05, 3.63) is 0 Å². The van der Waals surface area contributed by atoms with E-state index in [-0.39, 0.29) is 6.10 Å². The Morgan fingerprint density at radius 1 is 1.71 bits per heavy atom. The molecule has 1 N–H and O–H groups in total. The second kappa shape index (κ2) is 1.75. The van der Waals surface area contributed by atoms with E-state index in [1.54, 1.807) is 0 Å². The second-order valence-electron chi connectivity index (χ2n) is 2.22. The standard InChI is InChI=1S/C5H9BrO/c1-3-2-4(7)5(3)6/h3-5,7H,2H2,1H3. The SMILES string of the molecule is CC1CC(O)C1Br. The molecule has 3 unspecified atom stereocenters. The molecule has 0 heterocycles. The van der Waals surface area contributed by atoms with Crippen LogP contribution in [0.3, 0.4) is 0 Å². The molecule has 1 fully saturated rings. The van der Waals surface area contributed by atoms with Crippen LogP contribution in [-0.4, -0.2) is 16.0 Å². The average Bonchev–Trinajstić information content (AvgIpc) is 1.68. The van der Waals surface area contributed by atoms with Crippen molar-refractivity contribution in [2.75, 3.05) is 0 Å². The molecule has 0 aromatic rings. The molecule has 2 heteroatoms. The summed E-state index contributed by atoms with van der Waals surface area (Å²) in [7, 11) is 0. The summed E-state index contributed by atoms with van der Waals surface area (Å²) in [5, 5.41) is 8.84. The van der Waals surface area contributed by atoms with Crippen LogP contribution in [0.5, 0.6) is 0 Å². The summed E-state index contributed by atoms with van der Waals surface area (Å²) in [5.74, 6) is 0.676. The molecule has 0 spiro atoms. The smallest absolute Gasteiger partial charge is 0.0670 e. The molecular formula is C5H9BrO. The van der Waals surface area contributed by atoms with Crippen molar-refractivity contribution in [3.8, 4) is 0 Å². The fourth-order valence-corrected chi connectivity index (χ4v) is 1.26. The molecule has 0 radical (unpaired) electrons. The summed E-state index contributed by atoms with van der Waals surface area (Å²) in [5.41, 5.74) is 0. The molecule has 1 aliphatic carbocycles. The largest absolute Gasteiger partial charge is 0.392 e. The Balaban J connectivity index is 2.29. The Kier molecular flexibility index (Phi) is 1.39. The van der Waals surface area contributed by atoms with Crippen molar-refractivity contribution in [1.82, 2.24) is 0 Å². The summed E-state index contributed by atoms with van der Waals surface area (Å²) in [6.45, 7) is 2.13. The first-order valence-electron chi connectivity index (χ1n) is 2.54. The highest BCUT2D eigenvalue weighted by Gasteiger charge is 2.33. The number of hydrogen-bond acceptors (Lipinski definition) is 1. The molecule has 1 nitrogen and oxygen atoms in total. The van der Waals surface area contributed by atoms with Gasteiger partial charge >= 0.3 is 0 Å². The predicted octanol–water partition coefficient (Wildman–Crippen LogP) is 1.15. The predicted molar refractivity (Wildman–Crippen MR) is 32.5 cm³/mol. The molecule has 0 saturated heterocycles. The van der Waals surface area contributed by atoms with E-state index < -0.39 is 0 Å². The normalized spacial score (nSPS) is 51.0. The minimum Gasteiger partial charge on any atom is -0.392 e. The summed E-state index contributed by atoms with van der Waals surface area (Å²) in [6, 6.07) is 0. The van der Waals surface area contributed by atoms with Gasteiger partial charge in [0.1, 0.15) is 0 Å². The van der Waals surface area contributed by atoms with E-state index in [1.807, 2.05) is 0 Å². The number of aliphatic hydroxyl groups is 1. The quantitative estimate of drug-likeness (QED) is 0.534. The zero-order valence-corrected chi connectivity index (χ0v) is 5.85. The molecular weight excluding hydrogens is 156 g/mol. The van der Waals surface area contributed by atoms with E-state index in [1.165, 1.54) is 0 Å². The summed E-state index contributed by atoms with van der Waals surface area (Å²) in [4.78, 5) is 0.368. The highest BCUT2D eigenvalue weighted by atomic mass is 79.9. The average molecular weight is 165 g/mol. The van der Waals surface area contributed by atoms with Crippen LogP contribution in [0.4, 0.5) is 0 Å². The van der Waals surface area contributed by atoms with Crippen molar-refractivity contribution in [3.63, 3.8) is 0 Å². The topological polar surface area (TPSA) is 20.2 Å². The third-order valence-electron chi connectivity index (χ3n) is 1.52. The fraction of sp³-hybridized carbons (Fsp3) is 1.00. The first kappa shape index (κ1) is 5.57. The van der Waals surface area contributed by atoms with E-state index in [4.69, 9.17) is 5.11 Å². The third kappa shape index (κ3) is 0.820. The molecule has 0 aromatic heterocycles. The Bertz CT molecular complexity index is 66.5. The van der Waals surface area contributed by atoms with Crippen LogP contribution in [0.15, 0.2) is 0 Å². The van der Waals surface area contributed by atoms with Gasteiger partial charge in [-0.1, -0.05) is 22.9 Å². The summed E-state index contributed by atoms with van der Waals surface area (Å²) >= 11 is 3.34. The number of halogens is 1. The van der Waals surface area contributed by atoms with Crippen LogP contribution >= 0.6 is 15.9 Å². The Hall–Kier alpha value is 0.440. The molecule has 1 saturated carbocycles. The monoisotopic (exact) mass is 164 g/mol. The summed E-state index contributed by atoms with van der Waals surface area (Å²) in [6.07, 6.45) is 0.894. The van der Waals surface area contributed by atoms with Crippen molar-refractivity contribution in [2.45, 2.75) is 24.3 Å². The van der Waals surface area contributed by atoms with Crippen molar-refractivity contribution in [2.24, 2.45) is 5.92 Å². The number of hydrogen-bond donors (Lipinski definition) is 1. The molecule has 1 aliphatic rings. The first-order valence-corrected chi connectivity index (χ1v) is 3.45. The minimum absolute atomic E-state index is 0.0741. The van der Waals surface area contributed by atoms with E-state index >= 15 is 0 Å². The molecule has 0 bridgehead atoms. The van der Waals surface area contributed by atoms with Crippen LogP contribution in [0.1, 0.15) is 13.3 Å². The highest BCUT2D eigenvalue weighted by Crippen LogP contribution is 2.33. The van der Waals surface area contributed by atoms with Gasteiger partial charge in [0.15, 0.2) is 0 Å². The van der Waals surface area contributed by atoms with Crippen LogP contribution in [0, 0.1) is 5.92 Å². The molecule has 7 heavy (non-hydrogen) atoms. The van der Waals surface area contributed by atoms with Gasteiger partial charge in [0.05, 0.1) is 6.10 Å². The highest BCUT2D eigenvalue weighted by molar-refractivity contribution is 9.09. The van der Waals surface area contributed by atoms with Gasteiger partial charge in [0, 0.05) is 4.83 Å². The molecule has 0 amide bonds. The Labute approximate surface area is 51.9 Å². The zero-order valence-electron chi connectivity index (χ0n) is 4.26. The van der Waals surface area contributed by atoms with E-state index in [0.29, 0.717) is 10.7 Å². The lowest BCUT2D eigenvalue weighted by Gasteiger charge is -2.34.